The highest BCUT2D eigenvalue weighted by molar-refractivity contribution is 5.73. The fourth-order valence-electron chi connectivity index (χ4n) is 3.87. The largest absolute Gasteiger partial charge is 0.416 e. The predicted octanol–water partition coefficient (Wildman–Crippen LogP) is 4.77. The first-order chi connectivity index (χ1) is 12.3. The number of fused-ring (bicyclic) bond motifs is 3. The monoisotopic (exact) mass is 365 g/mol. The quantitative estimate of drug-likeness (QED) is 0.671. The lowest BCUT2D eigenvalue weighted by Crippen LogP contribution is -2.38. The highest BCUT2D eigenvalue weighted by atomic mass is 19.4. The van der Waals surface area contributed by atoms with Crippen LogP contribution in [0.15, 0.2) is 30.3 Å². The molecule has 4 rings (SSSR count). The normalized spacial score (nSPS) is 21.7. The molecule has 0 amide bonds. The zero-order valence-corrected chi connectivity index (χ0v) is 14.2. The lowest BCUT2D eigenvalue weighted by molar-refractivity contribution is -0.137. The summed E-state index contributed by atoms with van der Waals surface area (Å²) >= 11 is 0. The molecule has 0 bridgehead atoms. The molecule has 138 valence electrons. The Kier molecular flexibility index (Phi) is 4.06. The average molecular weight is 365 g/mol. The van der Waals surface area contributed by atoms with Crippen molar-refractivity contribution in [1.29, 1.82) is 0 Å². The maximum atomic E-state index is 14.0. The van der Waals surface area contributed by atoms with Crippen LogP contribution >= 0.6 is 0 Å². The van der Waals surface area contributed by atoms with Crippen LogP contribution in [0.4, 0.5) is 34.6 Å². The summed E-state index contributed by atoms with van der Waals surface area (Å²) in [7, 11) is 0. The van der Waals surface area contributed by atoms with Crippen LogP contribution in [0.5, 0.6) is 0 Å². The third kappa shape index (κ3) is 3.00. The summed E-state index contributed by atoms with van der Waals surface area (Å²) < 4.78 is 52.7. The minimum absolute atomic E-state index is 0.177. The molecule has 0 aliphatic carbocycles. The van der Waals surface area contributed by atoms with Crippen molar-refractivity contribution < 1.29 is 17.6 Å². The second-order valence-electron chi connectivity index (χ2n) is 6.92. The van der Waals surface area contributed by atoms with Gasteiger partial charge in [0.1, 0.15) is 5.82 Å². The van der Waals surface area contributed by atoms with Crippen LogP contribution in [-0.4, -0.2) is 19.1 Å². The van der Waals surface area contributed by atoms with E-state index < -0.39 is 17.6 Å². The minimum atomic E-state index is -4.51. The van der Waals surface area contributed by atoms with Gasteiger partial charge in [-0.25, -0.2) is 4.39 Å². The number of piperidine rings is 1. The molecule has 0 aromatic heterocycles. The molecule has 2 aliphatic heterocycles. The molecule has 2 atom stereocenters. The minimum Gasteiger partial charge on any atom is -0.381 e. The molecular weight excluding hydrogens is 346 g/mol. The van der Waals surface area contributed by atoms with Gasteiger partial charge in [-0.05, 0) is 61.3 Å². The van der Waals surface area contributed by atoms with Gasteiger partial charge < -0.3 is 16.0 Å². The number of nitrogens with one attached hydrogen (secondary N) is 3. The molecule has 0 saturated carbocycles. The van der Waals surface area contributed by atoms with Gasteiger partial charge in [-0.15, -0.1) is 0 Å². The fourth-order valence-corrected chi connectivity index (χ4v) is 3.87. The molecule has 0 spiro atoms. The van der Waals surface area contributed by atoms with E-state index in [2.05, 4.69) is 16.0 Å². The third-order valence-electron chi connectivity index (χ3n) is 5.15. The standard InChI is InChI=1S/C19H19F4N3/c1-10-6-12(8-13-14-9-24-5-4-16(14)26-18(10)13)25-17-7-11(19(21,22)23)2-3-15(17)20/h2-3,6-8,14,16,24-26H,4-5,9H2,1H3/t14-,16-/m0/s1. The molecule has 1 saturated heterocycles. The summed E-state index contributed by atoms with van der Waals surface area (Å²) in [4.78, 5) is 0. The number of alkyl halides is 3. The Balaban J connectivity index is 1.68. The Morgan fingerprint density at radius 2 is 1.96 bits per heavy atom. The van der Waals surface area contributed by atoms with Crippen molar-refractivity contribution in [1.82, 2.24) is 5.32 Å². The number of anilines is 3. The van der Waals surface area contributed by atoms with Gasteiger partial charge in [0.2, 0.25) is 0 Å². The van der Waals surface area contributed by atoms with E-state index in [1.807, 2.05) is 19.1 Å². The molecule has 3 N–H and O–H groups in total. The van der Waals surface area contributed by atoms with Crippen LogP contribution in [-0.2, 0) is 6.18 Å². The number of benzene rings is 2. The molecule has 26 heavy (non-hydrogen) atoms. The first-order valence-electron chi connectivity index (χ1n) is 8.58. The number of aryl methyl sites for hydroxylation is 1. The Morgan fingerprint density at radius 3 is 2.73 bits per heavy atom. The lowest BCUT2D eigenvalue weighted by atomic mass is 9.89. The summed E-state index contributed by atoms with van der Waals surface area (Å²) in [5.41, 5.74) is 2.73. The molecule has 2 aromatic rings. The van der Waals surface area contributed by atoms with E-state index in [0.29, 0.717) is 17.6 Å². The molecule has 0 unspecified atom stereocenters. The van der Waals surface area contributed by atoms with Gasteiger partial charge in [0.15, 0.2) is 0 Å². The van der Waals surface area contributed by atoms with E-state index in [1.165, 1.54) is 0 Å². The lowest BCUT2D eigenvalue weighted by Gasteiger charge is -2.26. The second kappa shape index (κ2) is 6.16. The van der Waals surface area contributed by atoms with Gasteiger partial charge in [-0.2, -0.15) is 13.2 Å². The molecule has 1 fully saturated rings. The van der Waals surface area contributed by atoms with Crippen molar-refractivity contribution in [2.75, 3.05) is 23.7 Å². The van der Waals surface area contributed by atoms with Crippen LogP contribution in [0.25, 0.3) is 0 Å². The molecular formula is C19H19F4N3. The summed E-state index contributed by atoms with van der Waals surface area (Å²) in [6.45, 7) is 3.76. The topological polar surface area (TPSA) is 36.1 Å². The number of halogens is 4. The van der Waals surface area contributed by atoms with Gasteiger partial charge in [0.05, 0.1) is 11.3 Å². The van der Waals surface area contributed by atoms with Crippen molar-refractivity contribution in [2.24, 2.45) is 0 Å². The average Bonchev–Trinajstić information content (AvgIpc) is 2.95. The third-order valence-corrected chi connectivity index (χ3v) is 5.15. The van der Waals surface area contributed by atoms with E-state index in [0.717, 1.165) is 54.5 Å². The summed E-state index contributed by atoms with van der Waals surface area (Å²) in [5, 5.41) is 9.75. The van der Waals surface area contributed by atoms with Crippen molar-refractivity contribution >= 4 is 17.1 Å². The predicted molar refractivity (Wildman–Crippen MR) is 93.5 cm³/mol. The van der Waals surface area contributed by atoms with Crippen molar-refractivity contribution in [3.05, 3.63) is 52.8 Å². The molecule has 7 heteroatoms. The number of hydrogen-bond acceptors (Lipinski definition) is 3. The van der Waals surface area contributed by atoms with Crippen LogP contribution in [0.3, 0.4) is 0 Å². The first kappa shape index (κ1) is 17.1. The van der Waals surface area contributed by atoms with E-state index in [1.54, 1.807) is 0 Å². The fraction of sp³-hybridized carbons (Fsp3) is 0.368. The number of hydrogen-bond donors (Lipinski definition) is 3. The van der Waals surface area contributed by atoms with Crippen LogP contribution in [0.2, 0.25) is 0 Å². The Bertz CT molecular complexity index is 847. The highest BCUT2D eigenvalue weighted by Crippen LogP contribution is 2.42. The van der Waals surface area contributed by atoms with Gasteiger partial charge >= 0.3 is 6.18 Å². The molecule has 3 nitrogen and oxygen atoms in total. The van der Waals surface area contributed by atoms with E-state index >= 15 is 0 Å². The molecule has 2 aliphatic rings. The molecule has 2 aromatic carbocycles. The summed E-state index contributed by atoms with van der Waals surface area (Å²) in [6, 6.07) is 6.50. The van der Waals surface area contributed by atoms with Crippen LogP contribution < -0.4 is 16.0 Å². The Labute approximate surface area is 148 Å². The zero-order chi connectivity index (χ0) is 18.5. The smallest absolute Gasteiger partial charge is 0.381 e. The SMILES string of the molecule is Cc1cc(Nc2cc(C(F)(F)F)ccc2F)cc2c1N[C@H]1CCNC[C@@H]21. The second-order valence-corrected chi connectivity index (χ2v) is 6.92. The Morgan fingerprint density at radius 1 is 1.15 bits per heavy atom. The maximum absolute atomic E-state index is 14.0. The highest BCUT2D eigenvalue weighted by Gasteiger charge is 2.35. The van der Waals surface area contributed by atoms with E-state index in [4.69, 9.17) is 0 Å². The summed E-state index contributed by atoms with van der Waals surface area (Å²) in [5.74, 6) is -0.406. The van der Waals surface area contributed by atoms with Gasteiger partial charge in [-0.1, -0.05) is 0 Å². The molecule has 0 radical (unpaired) electrons. The van der Waals surface area contributed by atoms with Gasteiger partial charge in [-0.3, -0.25) is 0 Å². The zero-order valence-electron chi connectivity index (χ0n) is 14.2. The van der Waals surface area contributed by atoms with Crippen LogP contribution in [0, 0.1) is 12.7 Å². The van der Waals surface area contributed by atoms with Crippen LogP contribution in [0.1, 0.15) is 29.0 Å². The molecule has 2 heterocycles. The van der Waals surface area contributed by atoms with Gasteiger partial charge in [0, 0.05) is 29.9 Å². The number of rotatable bonds is 2. The summed E-state index contributed by atoms with van der Waals surface area (Å²) in [6.07, 6.45) is -3.49. The van der Waals surface area contributed by atoms with E-state index in [-0.39, 0.29) is 5.69 Å². The first-order valence-corrected chi connectivity index (χ1v) is 8.58. The van der Waals surface area contributed by atoms with Crippen molar-refractivity contribution in [3.8, 4) is 0 Å². The van der Waals surface area contributed by atoms with Crippen molar-refractivity contribution in [2.45, 2.75) is 31.5 Å². The van der Waals surface area contributed by atoms with Gasteiger partial charge in [0.25, 0.3) is 0 Å². The van der Waals surface area contributed by atoms with Crippen molar-refractivity contribution in [3.63, 3.8) is 0 Å². The van der Waals surface area contributed by atoms with E-state index in [9.17, 15) is 17.6 Å². The maximum Gasteiger partial charge on any atom is 0.416 e. The Hall–Kier alpha value is -2.28.